The van der Waals surface area contributed by atoms with Gasteiger partial charge in [-0.25, -0.2) is 0 Å². The number of hydrogen-bond donors (Lipinski definition) is 0. The molecular weight excluding hydrogens is 775 g/mol. The van der Waals surface area contributed by atoms with E-state index in [0.717, 1.165) is 22.9 Å². The Morgan fingerprint density at radius 2 is 0.922 bits per heavy atom. The van der Waals surface area contributed by atoms with Crippen LogP contribution < -0.4 is 30.9 Å². The van der Waals surface area contributed by atoms with Crippen LogP contribution in [0.3, 0.4) is 0 Å². The number of aryl methyl sites for hydroxylation is 2. The highest BCUT2D eigenvalue weighted by molar-refractivity contribution is 6.97. The summed E-state index contributed by atoms with van der Waals surface area (Å²) in [7, 11) is 0. The average molecular weight is 831 g/mol. The van der Waals surface area contributed by atoms with Crippen LogP contribution in [0, 0.1) is 13.8 Å². The van der Waals surface area contributed by atoms with Gasteiger partial charge in [0.05, 0.1) is 28.2 Å². The van der Waals surface area contributed by atoms with Gasteiger partial charge in [-0.15, -0.1) is 0 Å². The molecule has 3 aliphatic heterocycles. The Morgan fingerprint density at radius 1 is 0.422 bits per heavy atom. The highest BCUT2D eigenvalue weighted by Gasteiger charge is 2.52. The van der Waals surface area contributed by atoms with E-state index in [1.54, 1.807) is 0 Å². The zero-order valence-electron chi connectivity index (χ0n) is 38.3. The molecule has 0 N–H and O–H groups in total. The molecule has 8 aromatic rings. The summed E-state index contributed by atoms with van der Waals surface area (Å²) in [5.74, 6) is 2.98. The first-order valence-corrected chi connectivity index (χ1v) is 23.2. The molecule has 3 heterocycles. The number of hydrogen-bond acceptors (Lipinski definition) is 3. The van der Waals surface area contributed by atoms with E-state index in [0.29, 0.717) is 17.8 Å². The van der Waals surface area contributed by atoms with Crippen molar-refractivity contribution >= 4 is 57.2 Å². The van der Waals surface area contributed by atoms with Crippen LogP contribution in [0.4, 0.5) is 34.1 Å². The molecular formula is C60H55BN2O. The van der Waals surface area contributed by atoms with Crippen molar-refractivity contribution in [1.29, 1.82) is 0 Å². The highest BCUT2D eigenvalue weighted by atomic mass is 16.5. The van der Waals surface area contributed by atoms with E-state index < -0.39 is 5.41 Å². The molecule has 0 aliphatic carbocycles. The fraction of sp³-hybridized carbons (Fsp3) is 0.200. The molecule has 0 saturated heterocycles. The van der Waals surface area contributed by atoms with Crippen molar-refractivity contribution in [3.63, 3.8) is 0 Å². The van der Waals surface area contributed by atoms with Crippen LogP contribution >= 0.6 is 0 Å². The SMILES string of the molecule is Cc1ccc2c(c1)C1(c3ccccc3N(c3ccccc3)c3ccccc31)c1cc(C)ccc1N2c1ccc2c(c1)B(c1c(C(C)C)cc(C(C)C)cc1C(C)C)c1ccccc1O2. The van der Waals surface area contributed by atoms with Crippen LogP contribution in [0.5, 0.6) is 11.5 Å². The Kier molecular flexibility index (Phi) is 9.50. The standard InChI is InChI=1S/C60H55BN2O/c1-37(2)42-34-45(38(3)4)59(46(35-42)39(5)6)61-51-22-14-17-25-57(51)64-58-31-28-44(36-52(58)61)63-55-29-26-40(7)32-49(55)60(50-33-41(8)27-30-56(50)63)47-20-12-15-23-53(47)62(43-18-10-9-11-19-43)54-24-16-13-21-48(54)60/h9-39H,1-8H3. The van der Waals surface area contributed by atoms with Gasteiger partial charge in [-0.3, -0.25) is 0 Å². The summed E-state index contributed by atoms with van der Waals surface area (Å²) >= 11 is 0. The summed E-state index contributed by atoms with van der Waals surface area (Å²) in [6, 6.07) is 63.9. The molecule has 0 fully saturated rings. The lowest BCUT2D eigenvalue weighted by atomic mass is 9.34. The van der Waals surface area contributed by atoms with Crippen molar-refractivity contribution in [3.8, 4) is 11.5 Å². The quantitative estimate of drug-likeness (QED) is 0.155. The van der Waals surface area contributed by atoms with Gasteiger partial charge in [-0.2, -0.15) is 0 Å². The maximum atomic E-state index is 6.90. The van der Waals surface area contributed by atoms with Crippen molar-refractivity contribution in [1.82, 2.24) is 0 Å². The Morgan fingerprint density at radius 3 is 1.50 bits per heavy atom. The summed E-state index contributed by atoms with van der Waals surface area (Å²) in [6.45, 7) is 18.5. The zero-order valence-corrected chi connectivity index (χ0v) is 38.3. The third-order valence-electron chi connectivity index (χ3n) is 14.2. The molecule has 0 amide bonds. The van der Waals surface area contributed by atoms with Crippen molar-refractivity contribution in [2.24, 2.45) is 0 Å². The van der Waals surface area contributed by atoms with Crippen LogP contribution in [-0.4, -0.2) is 6.71 Å². The van der Waals surface area contributed by atoms with E-state index in [4.69, 9.17) is 4.74 Å². The van der Waals surface area contributed by atoms with Crippen molar-refractivity contribution in [2.45, 2.75) is 78.6 Å². The predicted molar refractivity (Wildman–Crippen MR) is 271 cm³/mol. The summed E-state index contributed by atoms with van der Waals surface area (Å²) < 4.78 is 6.90. The van der Waals surface area contributed by atoms with Crippen LogP contribution in [0.1, 0.15) is 109 Å². The molecule has 0 saturated carbocycles. The largest absolute Gasteiger partial charge is 0.458 e. The second-order valence-corrected chi connectivity index (χ2v) is 19.2. The van der Waals surface area contributed by atoms with Crippen molar-refractivity contribution in [3.05, 3.63) is 220 Å². The number of ether oxygens (including phenoxy) is 1. The normalized spacial score (nSPS) is 14.2. The monoisotopic (exact) mass is 830 g/mol. The van der Waals surface area contributed by atoms with Crippen LogP contribution in [0.15, 0.2) is 170 Å². The first-order valence-electron chi connectivity index (χ1n) is 23.2. The van der Waals surface area contributed by atoms with E-state index in [2.05, 4.69) is 235 Å². The van der Waals surface area contributed by atoms with Crippen molar-refractivity contribution in [2.75, 3.05) is 9.80 Å². The zero-order chi connectivity index (χ0) is 44.0. The lowest BCUT2D eigenvalue weighted by Gasteiger charge is -2.51. The Labute approximate surface area is 380 Å². The molecule has 3 nitrogen and oxygen atoms in total. The molecule has 0 atom stereocenters. The molecule has 0 unspecified atom stereocenters. The van der Waals surface area contributed by atoms with Crippen LogP contribution in [0.25, 0.3) is 0 Å². The van der Waals surface area contributed by atoms with Gasteiger partial charge in [-0.1, -0.05) is 167 Å². The predicted octanol–water partition coefficient (Wildman–Crippen LogP) is 14.2. The lowest BCUT2D eigenvalue weighted by Crippen LogP contribution is -2.57. The minimum absolute atomic E-state index is 0.0110. The van der Waals surface area contributed by atoms with Crippen LogP contribution in [-0.2, 0) is 5.41 Å². The molecule has 64 heavy (non-hydrogen) atoms. The molecule has 0 bridgehead atoms. The van der Waals surface area contributed by atoms with Gasteiger partial charge < -0.3 is 14.5 Å². The van der Waals surface area contributed by atoms with E-state index in [1.165, 1.54) is 89.2 Å². The second kappa shape index (κ2) is 15.2. The van der Waals surface area contributed by atoms with Gasteiger partial charge in [0.1, 0.15) is 11.5 Å². The minimum atomic E-state index is -0.604. The summed E-state index contributed by atoms with van der Waals surface area (Å²) in [5, 5.41) is 0. The van der Waals surface area contributed by atoms with E-state index >= 15 is 0 Å². The fourth-order valence-corrected chi connectivity index (χ4v) is 11.3. The summed E-state index contributed by atoms with van der Waals surface area (Å²) in [4.78, 5) is 5.00. The second-order valence-electron chi connectivity index (χ2n) is 19.2. The van der Waals surface area contributed by atoms with E-state index in [1.807, 2.05) is 0 Å². The third kappa shape index (κ3) is 5.95. The molecule has 4 heteroatoms. The number of fused-ring (bicyclic) bond motifs is 10. The van der Waals surface area contributed by atoms with E-state index in [9.17, 15) is 0 Å². The number of benzene rings is 8. The van der Waals surface area contributed by atoms with Gasteiger partial charge in [0, 0.05) is 11.4 Å². The molecule has 8 aromatic carbocycles. The lowest BCUT2D eigenvalue weighted by molar-refractivity contribution is 0.487. The van der Waals surface area contributed by atoms with Gasteiger partial charge >= 0.3 is 0 Å². The molecule has 314 valence electrons. The fourth-order valence-electron chi connectivity index (χ4n) is 11.3. The number of rotatable bonds is 6. The Hall–Kier alpha value is -6.78. The van der Waals surface area contributed by atoms with Gasteiger partial charge in [0.2, 0.25) is 0 Å². The van der Waals surface area contributed by atoms with Crippen molar-refractivity contribution < 1.29 is 4.74 Å². The van der Waals surface area contributed by atoms with E-state index in [-0.39, 0.29) is 6.71 Å². The summed E-state index contributed by atoms with van der Waals surface area (Å²) in [6.07, 6.45) is 0. The maximum absolute atomic E-state index is 6.90. The molecule has 11 rings (SSSR count). The molecule has 1 spiro atoms. The first-order chi connectivity index (χ1) is 31.1. The average Bonchev–Trinajstić information content (AvgIpc) is 3.30. The summed E-state index contributed by atoms with van der Waals surface area (Å²) in [5.41, 5.74) is 22.1. The van der Waals surface area contributed by atoms with Gasteiger partial charge in [0.25, 0.3) is 6.71 Å². The van der Waals surface area contributed by atoms with Gasteiger partial charge in [0.15, 0.2) is 0 Å². The number of anilines is 6. The third-order valence-corrected chi connectivity index (χ3v) is 14.2. The molecule has 0 radical (unpaired) electrons. The number of nitrogens with zero attached hydrogens (tertiary/aromatic N) is 2. The topological polar surface area (TPSA) is 15.7 Å². The minimum Gasteiger partial charge on any atom is -0.458 e. The van der Waals surface area contributed by atoms with Gasteiger partial charge in [-0.05, 0) is 142 Å². The first kappa shape index (κ1) is 40.0. The molecule has 0 aromatic heterocycles. The Bertz CT molecular complexity index is 3000. The number of para-hydroxylation sites is 4. The Balaban J connectivity index is 1.19. The highest BCUT2D eigenvalue weighted by Crippen LogP contribution is 2.64. The van der Waals surface area contributed by atoms with Crippen LogP contribution in [0.2, 0.25) is 0 Å². The maximum Gasteiger partial charge on any atom is 0.251 e. The molecule has 3 aliphatic rings. The smallest absolute Gasteiger partial charge is 0.251 e.